The summed E-state index contributed by atoms with van der Waals surface area (Å²) in [5, 5.41) is 14.9. The highest BCUT2D eigenvalue weighted by atomic mass is 19.1. The van der Waals surface area contributed by atoms with Crippen molar-refractivity contribution in [3.05, 3.63) is 125 Å². The highest BCUT2D eigenvalue weighted by molar-refractivity contribution is 6.46. The summed E-state index contributed by atoms with van der Waals surface area (Å²) in [4.78, 5) is 102. The zero-order valence-corrected chi connectivity index (χ0v) is 36.0. The molecule has 0 saturated carbocycles. The number of ketones is 2. The van der Waals surface area contributed by atoms with Gasteiger partial charge in [-0.3, -0.25) is 33.6 Å². The molecule has 4 N–H and O–H groups in total. The lowest BCUT2D eigenvalue weighted by molar-refractivity contribution is -0.129. The van der Waals surface area contributed by atoms with Crippen LogP contribution < -0.4 is 10.6 Å². The van der Waals surface area contributed by atoms with E-state index in [1.54, 1.807) is 19.1 Å². The molecule has 8 rings (SSSR count). The third-order valence-corrected chi connectivity index (χ3v) is 12.0. The van der Waals surface area contributed by atoms with Crippen LogP contribution in [0, 0.1) is 23.0 Å². The second-order valence-electron chi connectivity index (χ2n) is 16.2. The number of rotatable bonds is 9. The number of piperazine rings is 1. The van der Waals surface area contributed by atoms with Gasteiger partial charge < -0.3 is 35.3 Å². The van der Waals surface area contributed by atoms with Gasteiger partial charge >= 0.3 is 0 Å². The van der Waals surface area contributed by atoms with Gasteiger partial charge in [0.15, 0.2) is 0 Å². The fraction of sp³-hybridized carbons (Fsp3) is 0.224. The fourth-order valence-corrected chi connectivity index (χ4v) is 8.78. The summed E-state index contributed by atoms with van der Waals surface area (Å²) < 4.78 is 31.2. The molecule has 0 radical (unpaired) electrons. The molecule has 2 aliphatic heterocycles. The molecule has 0 spiro atoms. The first-order valence-electron chi connectivity index (χ1n) is 21.1. The number of amides is 5. The molecule has 2 saturated heterocycles. The number of piperidine rings is 1. The zero-order chi connectivity index (χ0) is 47.0. The molecule has 0 bridgehead atoms. The third-order valence-electron chi connectivity index (χ3n) is 12.0. The van der Waals surface area contributed by atoms with Crippen LogP contribution >= 0.6 is 0 Å². The number of carbonyl (C=O) groups is 7. The van der Waals surface area contributed by atoms with E-state index in [1.165, 1.54) is 59.1 Å². The van der Waals surface area contributed by atoms with Crippen LogP contribution in [0.1, 0.15) is 70.3 Å². The maximum absolute atomic E-state index is 16.3. The summed E-state index contributed by atoms with van der Waals surface area (Å²) in [5.41, 5.74) is 3.33. The molecular weight excluding hydrogens is 851 g/mol. The van der Waals surface area contributed by atoms with Crippen LogP contribution in [-0.2, 0) is 19.2 Å². The van der Waals surface area contributed by atoms with Crippen molar-refractivity contribution in [2.75, 3.05) is 43.4 Å². The Morgan fingerprint density at radius 2 is 1.30 bits per heavy atom. The van der Waals surface area contributed by atoms with E-state index in [2.05, 4.69) is 26.7 Å². The summed E-state index contributed by atoms with van der Waals surface area (Å²) in [7, 11) is 0. The van der Waals surface area contributed by atoms with Gasteiger partial charge in [0.1, 0.15) is 11.6 Å². The minimum atomic E-state index is -0.950. The Hall–Kier alpha value is -8.26. The number of H-pyrrole nitrogens is 2. The maximum Gasteiger partial charge on any atom is 0.295 e. The van der Waals surface area contributed by atoms with Crippen LogP contribution in [0.4, 0.5) is 20.2 Å². The predicted molar refractivity (Wildman–Crippen MR) is 241 cm³/mol. The van der Waals surface area contributed by atoms with Gasteiger partial charge in [-0.15, -0.1) is 0 Å². The van der Waals surface area contributed by atoms with Crippen molar-refractivity contribution in [2.24, 2.45) is 0 Å². The zero-order valence-electron chi connectivity index (χ0n) is 36.0. The van der Waals surface area contributed by atoms with E-state index in [9.17, 15) is 43.2 Å². The van der Waals surface area contributed by atoms with Crippen molar-refractivity contribution < 1.29 is 42.3 Å². The number of hydrogen-bond donors (Lipinski definition) is 4. The summed E-state index contributed by atoms with van der Waals surface area (Å²) >= 11 is 0. The number of fused-ring (bicyclic) bond motifs is 2. The molecule has 4 heterocycles. The minimum absolute atomic E-state index is 0.0231. The Morgan fingerprint density at radius 3 is 1.92 bits per heavy atom. The molecule has 15 nitrogen and oxygen atoms in total. The topological polar surface area (TPSA) is 209 Å². The standard InChI is InChI=1S/C49H42F2N8O7/c1-26-21-32(34(23-52)29-7-5-4-6-8-29)15-16-59(26)49(66)46(63)36-25-54-44-41(36)38(51)22-33(42(44)56-28(3)61)30-9-11-31(12-10-30)47(64)57-17-19-58(20-18-57)48(65)45(62)35-24-53-43-39(55-27(2)60)14-13-37(50)40(35)43/h4-14,22,24-26,53-54H,15-21H2,1-3H3,(H,55,60)(H,56,61). The lowest BCUT2D eigenvalue weighted by Gasteiger charge is -2.34. The van der Waals surface area contributed by atoms with Crippen molar-refractivity contribution in [2.45, 2.75) is 39.7 Å². The van der Waals surface area contributed by atoms with Crippen LogP contribution in [0.3, 0.4) is 0 Å². The van der Waals surface area contributed by atoms with E-state index in [1.807, 2.05) is 30.3 Å². The van der Waals surface area contributed by atoms with E-state index in [-0.39, 0.29) is 94.1 Å². The molecule has 1 atom stereocenters. The van der Waals surface area contributed by atoms with Crippen LogP contribution in [-0.4, -0.2) is 105 Å². The molecule has 0 aliphatic carbocycles. The second-order valence-corrected chi connectivity index (χ2v) is 16.2. The number of allylic oxidation sites excluding steroid dienone is 1. The summed E-state index contributed by atoms with van der Waals surface area (Å²) in [6.07, 6.45) is 3.22. The number of nitrogens with one attached hydrogen (secondary N) is 4. The molecule has 6 aromatic rings. The number of nitriles is 1. The minimum Gasteiger partial charge on any atom is -0.359 e. The number of likely N-dealkylation sites (tertiary alicyclic amines) is 1. The first-order chi connectivity index (χ1) is 31.7. The number of nitrogens with zero attached hydrogens (tertiary/aromatic N) is 4. The lowest BCUT2D eigenvalue weighted by Crippen LogP contribution is -2.52. The number of aromatic amines is 2. The van der Waals surface area contributed by atoms with E-state index < -0.39 is 52.9 Å². The number of carbonyl (C=O) groups excluding carboxylic acids is 7. The summed E-state index contributed by atoms with van der Waals surface area (Å²) in [5.74, 6) is -6.44. The van der Waals surface area contributed by atoms with Crippen LogP contribution in [0.25, 0.3) is 38.5 Å². The van der Waals surface area contributed by atoms with Gasteiger partial charge in [0, 0.05) is 86.9 Å². The Balaban J connectivity index is 0.959. The van der Waals surface area contributed by atoms with E-state index >= 15 is 4.39 Å². The average Bonchev–Trinajstić information content (AvgIpc) is 3.98. The van der Waals surface area contributed by atoms with Crippen molar-refractivity contribution in [3.8, 4) is 17.2 Å². The molecule has 1 unspecified atom stereocenters. The average molecular weight is 893 g/mol. The molecule has 2 aromatic heterocycles. The molecule has 4 aromatic carbocycles. The van der Waals surface area contributed by atoms with E-state index in [0.717, 1.165) is 23.3 Å². The maximum atomic E-state index is 16.3. The summed E-state index contributed by atoms with van der Waals surface area (Å²) in [6.45, 7) is 4.75. The number of Topliss-reactive ketones (excluding diaryl/α,β-unsaturated/α-hetero) is 2. The Morgan fingerprint density at radius 1 is 0.697 bits per heavy atom. The van der Waals surface area contributed by atoms with Crippen LogP contribution in [0.5, 0.6) is 0 Å². The molecule has 66 heavy (non-hydrogen) atoms. The van der Waals surface area contributed by atoms with Gasteiger partial charge in [-0.25, -0.2) is 8.78 Å². The first kappa shape index (κ1) is 44.4. The van der Waals surface area contributed by atoms with Crippen molar-refractivity contribution in [3.63, 3.8) is 0 Å². The highest BCUT2D eigenvalue weighted by Crippen LogP contribution is 2.39. The number of anilines is 2. The molecule has 17 heteroatoms. The quantitative estimate of drug-likeness (QED) is 0.0684. The molecule has 334 valence electrons. The van der Waals surface area contributed by atoms with Crippen LogP contribution in [0.15, 0.2) is 90.8 Å². The van der Waals surface area contributed by atoms with Gasteiger partial charge in [0.2, 0.25) is 11.8 Å². The van der Waals surface area contributed by atoms with E-state index in [0.29, 0.717) is 24.0 Å². The monoisotopic (exact) mass is 892 g/mol. The van der Waals surface area contributed by atoms with Crippen molar-refractivity contribution >= 4 is 79.9 Å². The predicted octanol–water partition coefficient (Wildman–Crippen LogP) is 6.85. The third kappa shape index (κ3) is 8.31. The highest BCUT2D eigenvalue weighted by Gasteiger charge is 2.35. The van der Waals surface area contributed by atoms with E-state index in [4.69, 9.17) is 0 Å². The lowest BCUT2D eigenvalue weighted by atomic mass is 9.90. The smallest absolute Gasteiger partial charge is 0.295 e. The number of aromatic nitrogens is 2. The Kier molecular flexibility index (Phi) is 12.2. The number of hydrogen-bond acceptors (Lipinski definition) is 8. The molecular formula is C49H42F2N8O7. The Labute approximate surface area is 376 Å². The molecule has 2 fully saturated rings. The van der Waals surface area contributed by atoms with Crippen molar-refractivity contribution in [1.29, 1.82) is 5.26 Å². The molecule has 5 amide bonds. The van der Waals surface area contributed by atoms with Crippen LogP contribution in [0.2, 0.25) is 0 Å². The van der Waals surface area contributed by atoms with Gasteiger partial charge in [-0.2, -0.15) is 5.26 Å². The van der Waals surface area contributed by atoms with Crippen molar-refractivity contribution in [1.82, 2.24) is 24.7 Å². The largest absolute Gasteiger partial charge is 0.359 e. The SMILES string of the molecule is CC(=O)Nc1ccc(F)c2c(C(=O)C(=O)N3CCN(C(=O)c4ccc(-c5cc(F)c6c(C(=O)C(=O)N7CCC(=C(C#N)c8ccccc8)CC7C)c[nH]c6c5NC(C)=O)cc4)CC3)c[nH]c12. The van der Waals surface area contributed by atoms with Gasteiger partial charge in [-0.05, 0) is 66.8 Å². The second kappa shape index (κ2) is 18.1. The van der Waals surface area contributed by atoms with Gasteiger partial charge in [0.25, 0.3) is 29.3 Å². The number of benzene rings is 4. The fourth-order valence-electron chi connectivity index (χ4n) is 8.78. The molecule has 2 aliphatic rings. The van der Waals surface area contributed by atoms with Gasteiger partial charge in [0.05, 0.1) is 45.2 Å². The van der Waals surface area contributed by atoms with Gasteiger partial charge in [-0.1, -0.05) is 42.5 Å². The normalized spacial score (nSPS) is 15.9. The first-order valence-corrected chi connectivity index (χ1v) is 21.1. The number of halogens is 2. The Bertz CT molecular complexity index is 3090. The summed E-state index contributed by atoms with van der Waals surface area (Å²) in [6, 6.07) is 20.9.